The van der Waals surface area contributed by atoms with Crippen LogP contribution in [-0.4, -0.2) is 49.1 Å². The van der Waals surface area contributed by atoms with Crippen molar-refractivity contribution in [2.45, 2.75) is 9.79 Å². The molecule has 4 aromatic rings. The van der Waals surface area contributed by atoms with Gasteiger partial charge in [-0.2, -0.15) is 0 Å². The van der Waals surface area contributed by atoms with Crippen LogP contribution < -0.4 is 10.6 Å². The van der Waals surface area contributed by atoms with Crippen LogP contribution in [0.3, 0.4) is 0 Å². The Bertz CT molecular complexity index is 1350. The maximum Gasteiger partial charge on any atom is 0.210 e. The number of nitrogens with two attached hydrogens (primary N) is 1. The lowest BCUT2D eigenvalue weighted by atomic mass is 10.1. The Balaban J connectivity index is 1.59. The molecule has 5 rings (SSSR count). The van der Waals surface area contributed by atoms with Crippen LogP contribution in [0.1, 0.15) is 0 Å². The molecule has 0 radical (unpaired) electrons. The average molecular weight is 436 g/mol. The van der Waals surface area contributed by atoms with Crippen molar-refractivity contribution in [1.29, 1.82) is 0 Å². The van der Waals surface area contributed by atoms with Crippen molar-refractivity contribution >= 4 is 27.1 Å². The van der Waals surface area contributed by atoms with Crippen LogP contribution in [0.15, 0.2) is 76.9 Å². The lowest BCUT2D eigenvalue weighted by molar-refractivity contribution is 0.122. The minimum absolute atomic E-state index is 0.00432. The van der Waals surface area contributed by atoms with E-state index in [-0.39, 0.29) is 15.6 Å². The number of ether oxygens (including phenoxy) is 1. The fraction of sp³-hybridized carbons (Fsp3) is 0.182. The van der Waals surface area contributed by atoms with E-state index in [9.17, 15) is 8.42 Å². The van der Waals surface area contributed by atoms with Crippen molar-refractivity contribution in [3.8, 4) is 11.1 Å². The molecule has 8 nitrogen and oxygen atoms in total. The third-order valence-corrected chi connectivity index (χ3v) is 7.18. The Hall–Kier alpha value is -3.43. The molecular weight excluding hydrogens is 414 g/mol. The maximum atomic E-state index is 13.1. The molecule has 1 fully saturated rings. The van der Waals surface area contributed by atoms with E-state index in [1.165, 1.54) is 0 Å². The van der Waals surface area contributed by atoms with Crippen LogP contribution >= 0.6 is 0 Å². The molecule has 158 valence electrons. The van der Waals surface area contributed by atoms with Gasteiger partial charge in [0.05, 0.1) is 24.3 Å². The number of sulfone groups is 1. The molecule has 1 aromatic carbocycles. The Morgan fingerprint density at radius 1 is 0.935 bits per heavy atom. The van der Waals surface area contributed by atoms with Crippen LogP contribution in [0.25, 0.3) is 16.8 Å². The molecule has 3 aromatic heterocycles. The monoisotopic (exact) mass is 435 g/mol. The van der Waals surface area contributed by atoms with Gasteiger partial charge in [-0.05, 0) is 30.3 Å². The zero-order valence-electron chi connectivity index (χ0n) is 16.7. The fourth-order valence-corrected chi connectivity index (χ4v) is 5.10. The topological polar surface area (TPSA) is 103 Å². The van der Waals surface area contributed by atoms with E-state index in [0.29, 0.717) is 18.8 Å². The van der Waals surface area contributed by atoms with E-state index in [4.69, 9.17) is 10.5 Å². The van der Waals surface area contributed by atoms with E-state index < -0.39 is 9.84 Å². The lowest BCUT2D eigenvalue weighted by Gasteiger charge is -2.28. The predicted molar refractivity (Wildman–Crippen MR) is 118 cm³/mol. The van der Waals surface area contributed by atoms with Gasteiger partial charge < -0.3 is 15.4 Å². The molecule has 0 aliphatic carbocycles. The highest BCUT2D eigenvalue weighted by molar-refractivity contribution is 7.91. The van der Waals surface area contributed by atoms with Crippen LogP contribution in [0, 0.1) is 0 Å². The summed E-state index contributed by atoms with van der Waals surface area (Å²) in [4.78, 5) is 11.1. The SMILES string of the molecule is Nc1ncc(-c2ccc3ncc(N4CCOCC4)n3c2)cc1S(=O)(=O)c1ccccc1. The summed E-state index contributed by atoms with van der Waals surface area (Å²) in [5.41, 5.74) is 8.25. The summed E-state index contributed by atoms with van der Waals surface area (Å²) < 4.78 is 33.7. The number of hydrogen-bond donors (Lipinski definition) is 1. The van der Waals surface area contributed by atoms with Crippen molar-refractivity contribution in [3.63, 3.8) is 0 Å². The number of rotatable bonds is 4. The number of nitrogens with zero attached hydrogens (tertiary/aromatic N) is 4. The second-order valence-electron chi connectivity index (χ2n) is 7.29. The Kier molecular flexibility index (Phi) is 4.84. The number of nitrogen functional groups attached to an aromatic ring is 1. The number of aromatic nitrogens is 3. The zero-order chi connectivity index (χ0) is 21.4. The molecule has 31 heavy (non-hydrogen) atoms. The summed E-state index contributed by atoms with van der Waals surface area (Å²) in [6.45, 7) is 2.94. The van der Waals surface area contributed by atoms with Crippen molar-refractivity contribution in [1.82, 2.24) is 14.4 Å². The van der Waals surface area contributed by atoms with Crippen LogP contribution in [0.2, 0.25) is 0 Å². The number of anilines is 2. The molecule has 0 spiro atoms. The molecule has 0 bridgehead atoms. The summed E-state index contributed by atoms with van der Waals surface area (Å²) in [7, 11) is -3.79. The minimum atomic E-state index is -3.79. The summed E-state index contributed by atoms with van der Waals surface area (Å²) in [6.07, 6.45) is 5.38. The Morgan fingerprint density at radius 3 is 2.48 bits per heavy atom. The summed E-state index contributed by atoms with van der Waals surface area (Å²) in [6, 6.07) is 13.6. The molecule has 1 saturated heterocycles. The van der Waals surface area contributed by atoms with Crippen molar-refractivity contribution < 1.29 is 13.2 Å². The second-order valence-corrected chi connectivity index (χ2v) is 9.20. The number of benzene rings is 1. The summed E-state index contributed by atoms with van der Waals surface area (Å²) in [5.74, 6) is 0.950. The number of pyridine rings is 2. The van der Waals surface area contributed by atoms with E-state index in [1.807, 2.05) is 28.9 Å². The van der Waals surface area contributed by atoms with E-state index in [1.54, 1.807) is 42.6 Å². The highest BCUT2D eigenvalue weighted by Gasteiger charge is 2.22. The van der Waals surface area contributed by atoms with Gasteiger partial charge in [0, 0.05) is 36.6 Å². The molecule has 1 aliphatic rings. The summed E-state index contributed by atoms with van der Waals surface area (Å²) >= 11 is 0. The number of morpholine rings is 1. The third-order valence-electron chi connectivity index (χ3n) is 5.38. The Labute approximate surface area is 179 Å². The van der Waals surface area contributed by atoms with Gasteiger partial charge in [-0.15, -0.1) is 0 Å². The van der Waals surface area contributed by atoms with E-state index >= 15 is 0 Å². The van der Waals surface area contributed by atoms with Gasteiger partial charge in [-0.3, -0.25) is 4.40 Å². The Morgan fingerprint density at radius 2 is 1.71 bits per heavy atom. The highest BCUT2D eigenvalue weighted by Crippen LogP contribution is 2.30. The molecule has 9 heteroatoms. The van der Waals surface area contributed by atoms with E-state index in [0.717, 1.165) is 30.1 Å². The van der Waals surface area contributed by atoms with Crippen LogP contribution in [0.5, 0.6) is 0 Å². The molecule has 2 N–H and O–H groups in total. The lowest BCUT2D eigenvalue weighted by Crippen LogP contribution is -2.36. The first-order chi connectivity index (χ1) is 15.0. The zero-order valence-corrected chi connectivity index (χ0v) is 17.5. The number of hydrogen-bond acceptors (Lipinski definition) is 7. The molecule has 0 atom stereocenters. The highest BCUT2D eigenvalue weighted by atomic mass is 32.2. The molecule has 1 aliphatic heterocycles. The molecule has 4 heterocycles. The molecule has 0 unspecified atom stereocenters. The molecule has 0 amide bonds. The molecular formula is C22H21N5O3S. The maximum absolute atomic E-state index is 13.1. The van der Waals surface area contributed by atoms with Crippen molar-refractivity contribution in [3.05, 3.63) is 67.1 Å². The van der Waals surface area contributed by atoms with Crippen molar-refractivity contribution in [2.75, 3.05) is 36.9 Å². The summed E-state index contributed by atoms with van der Waals surface area (Å²) in [5, 5.41) is 0. The molecule has 0 saturated carbocycles. The van der Waals surface area contributed by atoms with Gasteiger partial charge in [0.15, 0.2) is 0 Å². The van der Waals surface area contributed by atoms with Gasteiger partial charge in [0.1, 0.15) is 22.2 Å². The minimum Gasteiger partial charge on any atom is -0.383 e. The first-order valence-corrected chi connectivity index (χ1v) is 11.4. The quantitative estimate of drug-likeness (QED) is 0.526. The van der Waals surface area contributed by atoms with Gasteiger partial charge in [-0.1, -0.05) is 18.2 Å². The number of fused-ring (bicyclic) bond motifs is 1. The van der Waals surface area contributed by atoms with Gasteiger partial charge in [-0.25, -0.2) is 18.4 Å². The fourth-order valence-electron chi connectivity index (χ4n) is 3.72. The third kappa shape index (κ3) is 3.51. The van der Waals surface area contributed by atoms with E-state index in [2.05, 4.69) is 14.9 Å². The van der Waals surface area contributed by atoms with Crippen LogP contribution in [0.4, 0.5) is 11.6 Å². The second kappa shape index (κ2) is 7.68. The smallest absolute Gasteiger partial charge is 0.210 e. The normalized spacial score (nSPS) is 14.8. The average Bonchev–Trinajstić information content (AvgIpc) is 3.24. The predicted octanol–water partition coefficient (Wildman–Crippen LogP) is 2.65. The van der Waals surface area contributed by atoms with Gasteiger partial charge in [0.2, 0.25) is 9.84 Å². The van der Waals surface area contributed by atoms with Crippen LogP contribution in [-0.2, 0) is 14.6 Å². The largest absolute Gasteiger partial charge is 0.383 e. The van der Waals surface area contributed by atoms with Crippen molar-refractivity contribution in [2.24, 2.45) is 0 Å². The standard InChI is InChI=1S/C22H21N5O3S/c23-22-19(31(28,29)18-4-2-1-3-5-18)12-17(13-25-22)16-6-7-20-24-14-21(27(20)15-16)26-8-10-30-11-9-26/h1-7,12-15H,8-11H2,(H2,23,25). The van der Waals surface area contributed by atoms with Gasteiger partial charge >= 0.3 is 0 Å². The number of imidazole rings is 1. The first kappa shape index (κ1) is 19.5. The van der Waals surface area contributed by atoms with Gasteiger partial charge in [0.25, 0.3) is 0 Å². The first-order valence-electron chi connectivity index (χ1n) is 9.90.